The van der Waals surface area contributed by atoms with Crippen LogP contribution in [0.3, 0.4) is 0 Å². The van der Waals surface area contributed by atoms with E-state index >= 15 is 0 Å². The third kappa shape index (κ3) is 3.61. The summed E-state index contributed by atoms with van der Waals surface area (Å²) in [6, 6.07) is 9.68. The van der Waals surface area contributed by atoms with E-state index in [0.717, 1.165) is 17.7 Å². The lowest BCUT2D eigenvalue weighted by Crippen LogP contribution is -2.21. The van der Waals surface area contributed by atoms with E-state index in [4.69, 9.17) is 0 Å². The molecule has 20 heavy (non-hydrogen) atoms. The van der Waals surface area contributed by atoms with Gasteiger partial charge in [0.15, 0.2) is 0 Å². The third-order valence-corrected chi connectivity index (χ3v) is 4.37. The highest BCUT2D eigenvalue weighted by atomic mass is 32.1. The summed E-state index contributed by atoms with van der Waals surface area (Å²) in [5.41, 5.74) is 0.277. The first-order valence-corrected chi connectivity index (χ1v) is 7.15. The van der Waals surface area contributed by atoms with Crippen molar-refractivity contribution in [3.63, 3.8) is 0 Å². The molecule has 0 bridgehead atoms. The van der Waals surface area contributed by atoms with Crippen molar-refractivity contribution in [1.29, 1.82) is 0 Å². The van der Waals surface area contributed by atoms with Gasteiger partial charge in [-0.2, -0.15) is 13.2 Å². The van der Waals surface area contributed by atoms with E-state index in [1.54, 1.807) is 23.5 Å². The number of rotatable bonds is 4. The van der Waals surface area contributed by atoms with Crippen LogP contribution in [0.5, 0.6) is 0 Å². The minimum Gasteiger partial charge on any atom is -0.295 e. The van der Waals surface area contributed by atoms with Gasteiger partial charge in [0.25, 0.3) is 0 Å². The lowest BCUT2D eigenvalue weighted by molar-refractivity contribution is -0.137. The van der Waals surface area contributed by atoms with Crippen LogP contribution in [0, 0.1) is 0 Å². The summed E-state index contributed by atoms with van der Waals surface area (Å²) in [5, 5.41) is 2.03. The monoisotopic (exact) mass is 299 g/mol. The molecule has 0 fully saturated rings. The number of halogens is 3. The zero-order valence-electron chi connectivity index (χ0n) is 11.3. The molecule has 1 nitrogen and oxygen atoms in total. The normalized spacial score (nSPS) is 13.7. The SMILES string of the molecule is CC(c1cccs1)N(C)Cc1ccc(C(F)(F)F)cc1. The molecule has 1 unspecified atom stereocenters. The quantitative estimate of drug-likeness (QED) is 0.771. The molecule has 0 spiro atoms. The van der Waals surface area contributed by atoms with Crippen LogP contribution in [-0.2, 0) is 12.7 Å². The first-order valence-electron chi connectivity index (χ1n) is 6.27. The second-order valence-electron chi connectivity index (χ2n) is 4.80. The first-order chi connectivity index (χ1) is 9.38. The molecule has 0 aliphatic rings. The molecule has 1 heterocycles. The van der Waals surface area contributed by atoms with Crippen molar-refractivity contribution in [2.45, 2.75) is 25.7 Å². The molecular formula is C15H16F3NS. The van der Waals surface area contributed by atoms with E-state index in [2.05, 4.69) is 17.9 Å². The van der Waals surface area contributed by atoms with Crippen LogP contribution in [0.2, 0.25) is 0 Å². The standard InChI is InChI=1S/C15H16F3NS/c1-11(14-4-3-9-20-14)19(2)10-12-5-7-13(8-6-12)15(16,17)18/h3-9,11H,10H2,1-2H3. The van der Waals surface area contributed by atoms with E-state index in [1.165, 1.54) is 4.88 Å². The number of hydrogen-bond donors (Lipinski definition) is 0. The summed E-state index contributed by atoms with van der Waals surface area (Å²) in [4.78, 5) is 3.37. The zero-order valence-corrected chi connectivity index (χ0v) is 12.1. The van der Waals surface area contributed by atoms with Gasteiger partial charge < -0.3 is 0 Å². The highest BCUT2D eigenvalue weighted by molar-refractivity contribution is 7.10. The van der Waals surface area contributed by atoms with Crippen LogP contribution in [0.4, 0.5) is 13.2 Å². The van der Waals surface area contributed by atoms with Gasteiger partial charge in [-0.05, 0) is 43.1 Å². The second-order valence-corrected chi connectivity index (χ2v) is 5.78. The molecule has 108 valence electrons. The van der Waals surface area contributed by atoms with Crippen molar-refractivity contribution in [3.05, 3.63) is 57.8 Å². The number of thiophene rings is 1. The van der Waals surface area contributed by atoms with Crippen LogP contribution in [-0.4, -0.2) is 11.9 Å². The van der Waals surface area contributed by atoms with Crippen molar-refractivity contribution in [2.24, 2.45) is 0 Å². The van der Waals surface area contributed by atoms with Crippen molar-refractivity contribution >= 4 is 11.3 Å². The Morgan fingerprint density at radius 1 is 1.15 bits per heavy atom. The Kier molecular flexibility index (Phi) is 4.50. The fourth-order valence-corrected chi connectivity index (χ4v) is 2.82. The maximum Gasteiger partial charge on any atom is 0.416 e. The molecule has 0 aliphatic heterocycles. The summed E-state index contributed by atoms with van der Waals surface area (Å²) in [5.74, 6) is 0. The van der Waals surface area contributed by atoms with Gasteiger partial charge in [0, 0.05) is 17.5 Å². The van der Waals surface area contributed by atoms with Crippen molar-refractivity contribution in [3.8, 4) is 0 Å². The molecule has 0 N–H and O–H groups in total. The molecule has 2 aromatic rings. The van der Waals surface area contributed by atoms with Gasteiger partial charge in [-0.1, -0.05) is 18.2 Å². The maximum absolute atomic E-state index is 12.5. The maximum atomic E-state index is 12.5. The minimum atomic E-state index is -4.27. The summed E-state index contributed by atoms with van der Waals surface area (Å²) < 4.78 is 37.5. The smallest absolute Gasteiger partial charge is 0.295 e. The van der Waals surface area contributed by atoms with Crippen LogP contribution in [0.25, 0.3) is 0 Å². The molecule has 0 saturated carbocycles. The van der Waals surface area contributed by atoms with Crippen LogP contribution in [0.15, 0.2) is 41.8 Å². The van der Waals surface area contributed by atoms with Gasteiger partial charge in [-0.25, -0.2) is 0 Å². The Morgan fingerprint density at radius 3 is 2.30 bits per heavy atom. The van der Waals surface area contributed by atoms with Gasteiger partial charge in [0.2, 0.25) is 0 Å². The summed E-state index contributed by atoms with van der Waals surface area (Å²) in [6.45, 7) is 2.72. The van der Waals surface area contributed by atoms with Crippen LogP contribution < -0.4 is 0 Å². The van der Waals surface area contributed by atoms with Gasteiger partial charge >= 0.3 is 6.18 Å². The van der Waals surface area contributed by atoms with Gasteiger partial charge in [0.05, 0.1) is 5.56 Å². The fourth-order valence-electron chi connectivity index (χ4n) is 1.97. The van der Waals surface area contributed by atoms with E-state index in [9.17, 15) is 13.2 Å². The number of benzene rings is 1. The molecule has 2 rings (SSSR count). The Morgan fingerprint density at radius 2 is 1.80 bits per heavy atom. The summed E-state index contributed by atoms with van der Waals surface area (Å²) >= 11 is 1.69. The topological polar surface area (TPSA) is 3.24 Å². The van der Waals surface area contributed by atoms with Crippen LogP contribution in [0.1, 0.15) is 29.0 Å². The Bertz CT molecular complexity index is 531. The molecule has 1 aromatic heterocycles. The molecule has 1 atom stereocenters. The van der Waals surface area contributed by atoms with E-state index in [-0.39, 0.29) is 6.04 Å². The van der Waals surface area contributed by atoms with E-state index < -0.39 is 11.7 Å². The van der Waals surface area contributed by atoms with E-state index in [1.807, 2.05) is 18.5 Å². The number of nitrogens with zero attached hydrogens (tertiary/aromatic N) is 1. The predicted octanol–water partition coefficient (Wildman–Crippen LogP) is 4.96. The molecule has 5 heteroatoms. The molecule has 0 aliphatic carbocycles. The largest absolute Gasteiger partial charge is 0.416 e. The van der Waals surface area contributed by atoms with E-state index in [0.29, 0.717) is 6.54 Å². The molecule has 0 saturated heterocycles. The minimum absolute atomic E-state index is 0.247. The Balaban J connectivity index is 2.03. The first kappa shape index (κ1) is 15.1. The molecule has 0 amide bonds. The van der Waals surface area contributed by atoms with Gasteiger partial charge in [-0.3, -0.25) is 4.90 Å². The highest BCUT2D eigenvalue weighted by Crippen LogP contribution is 2.30. The molecular weight excluding hydrogens is 283 g/mol. The predicted molar refractivity (Wildman–Crippen MR) is 75.6 cm³/mol. The van der Waals surface area contributed by atoms with Crippen molar-refractivity contribution in [1.82, 2.24) is 4.90 Å². The lowest BCUT2D eigenvalue weighted by Gasteiger charge is -2.24. The van der Waals surface area contributed by atoms with Gasteiger partial charge in [0.1, 0.15) is 0 Å². The average molecular weight is 299 g/mol. The summed E-state index contributed by atoms with van der Waals surface area (Å²) in [6.07, 6.45) is -4.27. The Hall–Kier alpha value is -1.33. The Labute approximate surface area is 120 Å². The number of alkyl halides is 3. The average Bonchev–Trinajstić information content (AvgIpc) is 2.91. The fraction of sp³-hybridized carbons (Fsp3) is 0.333. The van der Waals surface area contributed by atoms with Gasteiger partial charge in [-0.15, -0.1) is 11.3 Å². The summed E-state index contributed by atoms with van der Waals surface area (Å²) in [7, 11) is 1.97. The van der Waals surface area contributed by atoms with Crippen LogP contribution >= 0.6 is 11.3 Å². The second kappa shape index (κ2) is 5.97. The lowest BCUT2D eigenvalue weighted by atomic mass is 10.1. The van der Waals surface area contributed by atoms with Crippen molar-refractivity contribution in [2.75, 3.05) is 7.05 Å². The molecule has 1 aromatic carbocycles. The highest BCUT2D eigenvalue weighted by Gasteiger charge is 2.29. The zero-order chi connectivity index (χ0) is 14.8. The number of hydrogen-bond acceptors (Lipinski definition) is 2. The molecule has 0 radical (unpaired) electrons. The van der Waals surface area contributed by atoms with Crippen molar-refractivity contribution < 1.29 is 13.2 Å². The third-order valence-electron chi connectivity index (χ3n) is 3.33.